The second-order valence-corrected chi connectivity index (χ2v) is 7.00. The molecule has 3 aromatic rings. The van der Waals surface area contributed by atoms with Crippen molar-refractivity contribution in [3.05, 3.63) is 64.9 Å². The van der Waals surface area contributed by atoms with Crippen molar-refractivity contribution < 1.29 is 13.9 Å². The third-order valence-electron chi connectivity index (χ3n) is 5.06. The van der Waals surface area contributed by atoms with E-state index >= 15 is 0 Å². The molecular weight excluding hydrogens is 340 g/mol. The number of nitrogens with zero attached hydrogens (tertiary/aromatic N) is 1. The number of rotatable bonds is 4. The van der Waals surface area contributed by atoms with Gasteiger partial charge in [-0.3, -0.25) is 4.79 Å². The van der Waals surface area contributed by atoms with Crippen molar-refractivity contribution in [1.82, 2.24) is 5.32 Å². The van der Waals surface area contributed by atoms with Crippen LogP contribution < -0.4 is 10.2 Å². The van der Waals surface area contributed by atoms with E-state index in [1.54, 1.807) is 0 Å². The van der Waals surface area contributed by atoms with Crippen LogP contribution in [0.25, 0.3) is 11.0 Å². The van der Waals surface area contributed by atoms with E-state index in [2.05, 4.69) is 40.5 Å². The number of carbonyl (C=O) groups is 1. The van der Waals surface area contributed by atoms with Gasteiger partial charge in [0.05, 0.1) is 13.2 Å². The average Bonchev–Trinajstić information content (AvgIpc) is 3.03. The number of nitrogens with one attached hydrogen (secondary N) is 1. The molecule has 2 aromatic carbocycles. The molecule has 140 valence electrons. The maximum Gasteiger partial charge on any atom is 0.287 e. The molecule has 1 saturated heterocycles. The Labute approximate surface area is 158 Å². The predicted molar refractivity (Wildman–Crippen MR) is 106 cm³/mol. The second-order valence-electron chi connectivity index (χ2n) is 7.00. The minimum absolute atomic E-state index is 0.182. The van der Waals surface area contributed by atoms with E-state index < -0.39 is 0 Å². The summed E-state index contributed by atoms with van der Waals surface area (Å²) in [7, 11) is 0. The van der Waals surface area contributed by atoms with E-state index in [4.69, 9.17) is 9.15 Å². The molecule has 1 aromatic heterocycles. The Morgan fingerprint density at radius 2 is 1.81 bits per heavy atom. The van der Waals surface area contributed by atoms with Crippen LogP contribution in [0.1, 0.15) is 27.2 Å². The summed E-state index contributed by atoms with van der Waals surface area (Å²) in [5, 5.41) is 3.96. The third kappa shape index (κ3) is 3.69. The number of furan rings is 1. The SMILES string of the molecule is Cc1ccc2oc(C(=O)NCc3ccc(N4CCOCC4)cc3)c(C)c2c1. The minimum Gasteiger partial charge on any atom is -0.451 e. The zero-order valence-electron chi connectivity index (χ0n) is 15.7. The molecule has 0 atom stereocenters. The van der Waals surface area contributed by atoms with Crippen LogP contribution in [-0.4, -0.2) is 32.2 Å². The summed E-state index contributed by atoms with van der Waals surface area (Å²) in [6, 6.07) is 14.3. The van der Waals surface area contributed by atoms with Crippen molar-refractivity contribution >= 4 is 22.6 Å². The van der Waals surface area contributed by atoms with Crippen molar-refractivity contribution in [2.75, 3.05) is 31.2 Å². The molecule has 1 fully saturated rings. The average molecular weight is 364 g/mol. The number of hydrogen-bond acceptors (Lipinski definition) is 4. The molecule has 1 aliphatic rings. The molecule has 0 radical (unpaired) electrons. The molecule has 0 aliphatic carbocycles. The molecular formula is C22H24N2O3. The van der Waals surface area contributed by atoms with Crippen molar-refractivity contribution in [2.45, 2.75) is 20.4 Å². The quantitative estimate of drug-likeness (QED) is 0.765. The number of carbonyl (C=O) groups excluding carboxylic acids is 1. The van der Waals surface area contributed by atoms with Gasteiger partial charge in [0.2, 0.25) is 0 Å². The summed E-state index contributed by atoms with van der Waals surface area (Å²) in [5.74, 6) is 0.208. The molecule has 1 amide bonds. The van der Waals surface area contributed by atoms with E-state index in [1.165, 1.54) is 5.69 Å². The van der Waals surface area contributed by atoms with Crippen LogP contribution in [-0.2, 0) is 11.3 Å². The molecule has 4 rings (SSSR count). The lowest BCUT2D eigenvalue weighted by Crippen LogP contribution is -2.36. The number of aryl methyl sites for hydroxylation is 2. The van der Waals surface area contributed by atoms with Crippen molar-refractivity contribution in [2.24, 2.45) is 0 Å². The van der Waals surface area contributed by atoms with E-state index in [0.29, 0.717) is 12.3 Å². The second kappa shape index (κ2) is 7.45. The molecule has 5 heteroatoms. The number of ether oxygens (including phenoxy) is 1. The number of hydrogen-bond donors (Lipinski definition) is 1. The van der Waals surface area contributed by atoms with Crippen LogP contribution in [0.5, 0.6) is 0 Å². The maximum absolute atomic E-state index is 12.6. The number of anilines is 1. The first kappa shape index (κ1) is 17.6. The largest absolute Gasteiger partial charge is 0.451 e. The Morgan fingerprint density at radius 3 is 2.56 bits per heavy atom. The lowest BCUT2D eigenvalue weighted by Gasteiger charge is -2.28. The first-order valence-corrected chi connectivity index (χ1v) is 9.31. The molecule has 0 saturated carbocycles. The summed E-state index contributed by atoms with van der Waals surface area (Å²) in [6.45, 7) is 7.81. The highest BCUT2D eigenvalue weighted by Gasteiger charge is 2.17. The van der Waals surface area contributed by atoms with Gasteiger partial charge in [0, 0.05) is 36.3 Å². The molecule has 1 N–H and O–H groups in total. The van der Waals surface area contributed by atoms with Gasteiger partial charge in [-0.15, -0.1) is 0 Å². The van der Waals surface area contributed by atoms with Crippen LogP contribution >= 0.6 is 0 Å². The number of fused-ring (bicyclic) bond motifs is 1. The highest BCUT2D eigenvalue weighted by atomic mass is 16.5. The smallest absolute Gasteiger partial charge is 0.287 e. The Morgan fingerprint density at radius 1 is 1.07 bits per heavy atom. The zero-order valence-corrected chi connectivity index (χ0v) is 15.7. The van der Waals surface area contributed by atoms with Gasteiger partial charge in [0.15, 0.2) is 5.76 Å². The van der Waals surface area contributed by atoms with Crippen LogP contribution in [0.15, 0.2) is 46.9 Å². The van der Waals surface area contributed by atoms with Gasteiger partial charge < -0.3 is 19.4 Å². The summed E-state index contributed by atoms with van der Waals surface area (Å²) in [5.41, 5.74) is 5.03. The topological polar surface area (TPSA) is 54.7 Å². The van der Waals surface area contributed by atoms with E-state index in [1.807, 2.05) is 26.0 Å². The first-order chi connectivity index (χ1) is 13.1. The molecule has 5 nitrogen and oxygen atoms in total. The van der Waals surface area contributed by atoms with Crippen molar-refractivity contribution in [3.63, 3.8) is 0 Å². The summed E-state index contributed by atoms with van der Waals surface area (Å²) < 4.78 is 11.2. The fraction of sp³-hybridized carbons (Fsp3) is 0.318. The van der Waals surface area contributed by atoms with E-state index in [9.17, 15) is 4.79 Å². The normalized spacial score (nSPS) is 14.5. The van der Waals surface area contributed by atoms with Gasteiger partial charge in [-0.1, -0.05) is 23.8 Å². The first-order valence-electron chi connectivity index (χ1n) is 9.31. The number of benzene rings is 2. The molecule has 1 aliphatic heterocycles. The monoisotopic (exact) mass is 364 g/mol. The third-order valence-corrected chi connectivity index (χ3v) is 5.06. The van der Waals surface area contributed by atoms with Crippen LogP contribution in [0.4, 0.5) is 5.69 Å². The minimum atomic E-state index is -0.182. The Balaban J connectivity index is 1.42. The lowest BCUT2D eigenvalue weighted by molar-refractivity contribution is 0.0924. The fourth-order valence-corrected chi connectivity index (χ4v) is 3.46. The predicted octanol–water partition coefficient (Wildman–Crippen LogP) is 3.82. The van der Waals surface area contributed by atoms with E-state index in [-0.39, 0.29) is 5.91 Å². The number of amides is 1. The molecule has 2 heterocycles. The Kier molecular flexibility index (Phi) is 4.86. The Hall–Kier alpha value is -2.79. The molecule has 0 bridgehead atoms. The Bertz CT molecular complexity index is 954. The fourth-order valence-electron chi connectivity index (χ4n) is 3.46. The summed E-state index contributed by atoms with van der Waals surface area (Å²) in [4.78, 5) is 14.9. The van der Waals surface area contributed by atoms with Crippen molar-refractivity contribution in [1.29, 1.82) is 0 Å². The van der Waals surface area contributed by atoms with Gasteiger partial charge >= 0.3 is 0 Å². The lowest BCUT2D eigenvalue weighted by atomic mass is 10.1. The standard InChI is InChI=1S/C22H24N2O3/c1-15-3-8-20-19(13-15)16(2)21(27-20)22(25)23-14-17-4-6-18(7-5-17)24-9-11-26-12-10-24/h3-8,13H,9-12,14H2,1-2H3,(H,23,25). The number of morpholine rings is 1. The van der Waals surface area contributed by atoms with Crippen LogP contribution in [0.3, 0.4) is 0 Å². The van der Waals surface area contributed by atoms with Gasteiger partial charge in [-0.2, -0.15) is 0 Å². The molecule has 0 unspecified atom stereocenters. The maximum atomic E-state index is 12.6. The van der Waals surface area contributed by atoms with Crippen LogP contribution in [0, 0.1) is 13.8 Å². The molecule has 27 heavy (non-hydrogen) atoms. The van der Waals surface area contributed by atoms with Gasteiger partial charge in [-0.05, 0) is 43.7 Å². The van der Waals surface area contributed by atoms with Gasteiger partial charge in [0.25, 0.3) is 5.91 Å². The molecule has 0 spiro atoms. The van der Waals surface area contributed by atoms with Gasteiger partial charge in [0.1, 0.15) is 5.58 Å². The van der Waals surface area contributed by atoms with Crippen molar-refractivity contribution in [3.8, 4) is 0 Å². The highest BCUT2D eigenvalue weighted by Crippen LogP contribution is 2.26. The summed E-state index contributed by atoms with van der Waals surface area (Å²) >= 11 is 0. The van der Waals surface area contributed by atoms with Crippen LogP contribution in [0.2, 0.25) is 0 Å². The zero-order chi connectivity index (χ0) is 18.8. The highest BCUT2D eigenvalue weighted by molar-refractivity contribution is 5.99. The van der Waals surface area contributed by atoms with E-state index in [0.717, 1.165) is 54.0 Å². The van der Waals surface area contributed by atoms with Gasteiger partial charge in [-0.25, -0.2) is 0 Å². The summed E-state index contributed by atoms with van der Waals surface area (Å²) in [6.07, 6.45) is 0.